The van der Waals surface area contributed by atoms with Crippen LogP contribution in [0, 0.1) is 23.7 Å². The van der Waals surface area contributed by atoms with Crippen LogP contribution >= 0.6 is 0 Å². The molecule has 0 N–H and O–H groups in total. The molecule has 0 aromatic heterocycles. The smallest absolute Gasteiger partial charge is 0.343 e. The molecule has 0 saturated carbocycles. The first-order valence-electron chi connectivity index (χ1n) is 17.6. The molecule has 4 heteroatoms. The Morgan fingerprint density at radius 1 is 0.556 bits per heavy atom. The predicted molar refractivity (Wildman–Crippen MR) is 188 cm³/mol. The lowest BCUT2D eigenvalue weighted by molar-refractivity contribution is 0.0734. The molecule has 45 heavy (non-hydrogen) atoms. The summed E-state index contributed by atoms with van der Waals surface area (Å²) in [5.41, 5.74) is 2.64. The zero-order valence-electron chi connectivity index (χ0n) is 28.9. The summed E-state index contributed by atoms with van der Waals surface area (Å²) in [6, 6.07) is 23.0. The Labute approximate surface area is 273 Å². The Bertz CT molecular complexity index is 1220. The van der Waals surface area contributed by atoms with Gasteiger partial charge in [-0.3, -0.25) is 0 Å². The molecule has 0 radical (unpaired) electrons. The van der Waals surface area contributed by atoms with E-state index in [0.717, 1.165) is 47.5 Å². The van der Waals surface area contributed by atoms with E-state index in [1.54, 1.807) is 12.1 Å². The topological polar surface area (TPSA) is 44.8 Å². The highest BCUT2D eigenvalue weighted by molar-refractivity contribution is 5.91. The first kappa shape index (κ1) is 36.2. The van der Waals surface area contributed by atoms with E-state index in [1.165, 1.54) is 57.8 Å². The zero-order valence-corrected chi connectivity index (χ0v) is 28.9. The largest absolute Gasteiger partial charge is 0.494 e. The number of hydrogen-bond acceptors (Lipinski definition) is 4. The summed E-state index contributed by atoms with van der Waals surface area (Å²) in [6.45, 7) is 15.3. The number of carbonyl (C=O) groups is 1. The van der Waals surface area contributed by atoms with Gasteiger partial charge >= 0.3 is 5.97 Å². The molecule has 246 valence electrons. The van der Waals surface area contributed by atoms with E-state index in [0.29, 0.717) is 29.8 Å². The second kappa shape index (κ2) is 20.0. The third-order valence-corrected chi connectivity index (χ3v) is 8.75. The van der Waals surface area contributed by atoms with Gasteiger partial charge in [-0.25, -0.2) is 4.79 Å². The number of unbranched alkanes of at least 4 members (excludes halogenated alkanes) is 5. The first-order chi connectivity index (χ1) is 21.8. The van der Waals surface area contributed by atoms with Gasteiger partial charge in [0, 0.05) is 0 Å². The van der Waals surface area contributed by atoms with Crippen molar-refractivity contribution in [3.8, 4) is 28.4 Å². The van der Waals surface area contributed by atoms with Crippen LogP contribution in [0.25, 0.3) is 11.1 Å². The Kier molecular flexibility index (Phi) is 16.1. The van der Waals surface area contributed by atoms with Crippen molar-refractivity contribution >= 4 is 5.97 Å². The molecule has 4 nitrogen and oxygen atoms in total. The third-order valence-electron chi connectivity index (χ3n) is 8.75. The van der Waals surface area contributed by atoms with Gasteiger partial charge in [0.2, 0.25) is 0 Å². The van der Waals surface area contributed by atoms with E-state index >= 15 is 0 Å². The van der Waals surface area contributed by atoms with Crippen LogP contribution in [0.5, 0.6) is 17.2 Å². The highest BCUT2D eigenvalue weighted by atomic mass is 16.5. The van der Waals surface area contributed by atoms with E-state index < -0.39 is 0 Å². The normalized spacial score (nSPS) is 13.9. The number of esters is 1. The summed E-state index contributed by atoms with van der Waals surface area (Å²) in [5.74, 6) is 4.57. The minimum atomic E-state index is -0.376. The van der Waals surface area contributed by atoms with Crippen molar-refractivity contribution < 1.29 is 19.0 Å². The summed E-state index contributed by atoms with van der Waals surface area (Å²) in [7, 11) is 0. The monoisotopic (exact) mass is 614 g/mol. The summed E-state index contributed by atoms with van der Waals surface area (Å²) < 4.78 is 17.6. The van der Waals surface area contributed by atoms with Crippen molar-refractivity contribution in [3.05, 3.63) is 78.4 Å². The minimum absolute atomic E-state index is 0.376. The summed E-state index contributed by atoms with van der Waals surface area (Å²) >= 11 is 0. The fourth-order valence-electron chi connectivity index (χ4n) is 6.11. The maximum absolute atomic E-state index is 12.8. The van der Waals surface area contributed by atoms with Crippen LogP contribution in [0.3, 0.4) is 0 Å². The quantitative estimate of drug-likeness (QED) is 0.0680. The molecule has 0 aliphatic heterocycles. The Morgan fingerprint density at radius 2 is 1.04 bits per heavy atom. The molecule has 4 atom stereocenters. The molecule has 0 heterocycles. The molecule has 0 fully saturated rings. The molecule has 0 aliphatic rings. The van der Waals surface area contributed by atoms with Gasteiger partial charge in [-0.05, 0) is 109 Å². The second-order valence-electron chi connectivity index (χ2n) is 13.4. The molecular weight excluding hydrogens is 556 g/mol. The van der Waals surface area contributed by atoms with Crippen LogP contribution in [0.15, 0.2) is 72.8 Å². The highest BCUT2D eigenvalue weighted by Gasteiger charge is 2.15. The fraction of sp³-hybridized carbons (Fsp3) is 0.537. The molecule has 0 bridgehead atoms. The van der Waals surface area contributed by atoms with Crippen LogP contribution < -0.4 is 14.2 Å². The molecule has 0 unspecified atom stereocenters. The van der Waals surface area contributed by atoms with Gasteiger partial charge in [0.15, 0.2) is 0 Å². The van der Waals surface area contributed by atoms with E-state index in [2.05, 4.69) is 53.7 Å². The molecule has 3 aromatic rings. The van der Waals surface area contributed by atoms with Gasteiger partial charge in [0.05, 0.1) is 18.8 Å². The van der Waals surface area contributed by atoms with Crippen molar-refractivity contribution in [2.45, 2.75) is 106 Å². The number of ether oxygens (including phenoxy) is 3. The molecule has 0 spiro atoms. The average molecular weight is 615 g/mol. The van der Waals surface area contributed by atoms with Crippen molar-refractivity contribution in [3.63, 3.8) is 0 Å². The van der Waals surface area contributed by atoms with Gasteiger partial charge in [0.1, 0.15) is 17.2 Å². The fourth-order valence-corrected chi connectivity index (χ4v) is 6.11. The molecule has 0 amide bonds. The third kappa shape index (κ3) is 13.7. The molecule has 3 aromatic carbocycles. The van der Waals surface area contributed by atoms with E-state index in [9.17, 15) is 4.79 Å². The summed E-state index contributed by atoms with van der Waals surface area (Å²) in [6.07, 6.45) is 12.6. The van der Waals surface area contributed by atoms with Gasteiger partial charge in [0.25, 0.3) is 0 Å². The average Bonchev–Trinajstić information content (AvgIpc) is 3.04. The zero-order chi connectivity index (χ0) is 32.4. The van der Waals surface area contributed by atoms with E-state index in [1.807, 2.05) is 48.5 Å². The maximum Gasteiger partial charge on any atom is 0.343 e. The highest BCUT2D eigenvalue weighted by Crippen LogP contribution is 2.27. The van der Waals surface area contributed by atoms with Crippen molar-refractivity contribution in [2.75, 3.05) is 13.2 Å². The summed E-state index contributed by atoms with van der Waals surface area (Å²) in [4.78, 5) is 12.8. The molecular formula is C41H58O4. The van der Waals surface area contributed by atoms with Crippen LogP contribution in [0.2, 0.25) is 0 Å². The molecule has 3 rings (SSSR count). The summed E-state index contributed by atoms with van der Waals surface area (Å²) in [5, 5.41) is 0. The number of hydrogen-bond donors (Lipinski definition) is 0. The Balaban J connectivity index is 1.39. The van der Waals surface area contributed by atoms with Crippen LogP contribution in [-0.2, 0) is 0 Å². The van der Waals surface area contributed by atoms with Crippen LogP contribution in [0.1, 0.15) is 116 Å². The van der Waals surface area contributed by atoms with E-state index in [4.69, 9.17) is 14.2 Å². The number of carbonyl (C=O) groups excluding carboxylic acids is 1. The lowest BCUT2D eigenvalue weighted by Crippen LogP contribution is -2.14. The van der Waals surface area contributed by atoms with E-state index in [-0.39, 0.29) is 5.97 Å². The van der Waals surface area contributed by atoms with Gasteiger partial charge in [-0.1, -0.05) is 104 Å². The molecule has 0 aliphatic carbocycles. The Morgan fingerprint density at radius 3 is 1.67 bits per heavy atom. The predicted octanol–water partition coefficient (Wildman–Crippen LogP) is 11.8. The van der Waals surface area contributed by atoms with Gasteiger partial charge in [-0.15, -0.1) is 0 Å². The van der Waals surface area contributed by atoms with Gasteiger partial charge < -0.3 is 14.2 Å². The van der Waals surface area contributed by atoms with Gasteiger partial charge in [-0.2, -0.15) is 0 Å². The minimum Gasteiger partial charge on any atom is -0.494 e. The standard InChI is InChI=1S/C41H58O4/c1-7-9-10-11-12-13-26-43-38-20-18-36(19-21-38)35-14-16-37(17-15-35)41(42)45-40-24-22-39(23-25-40)44-30-34(6)29-33(5)28-32(4)27-31(3)8-2/h14-25,31-34H,7-13,26-30H2,1-6H3/t31-,32-,33-,34-/m1/s1. The SMILES string of the molecule is CCCCCCCCOc1ccc(-c2ccc(C(=O)Oc3ccc(OC[C@H](C)C[C@H](C)C[C@H](C)C[C@H](C)CC)cc3)cc2)cc1. The number of benzene rings is 3. The van der Waals surface area contributed by atoms with Crippen LogP contribution in [-0.4, -0.2) is 19.2 Å². The number of rotatable bonds is 21. The van der Waals surface area contributed by atoms with Crippen molar-refractivity contribution in [2.24, 2.45) is 23.7 Å². The lowest BCUT2D eigenvalue weighted by Gasteiger charge is -2.22. The lowest BCUT2D eigenvalue weighted by atomic mass is 9.85. The second-order valence-corrected chi connectivity index (χ2v) is 13.4. The molecule has 0 saturated heterocycles. The first-order valence-corrected chi connectivity index (χ1v) is 17.6. The van der Waals surface area contributed by atoms with Crippen molar-refractivity contribution in [1.29, 1.82) is 0 Å². The Hall–Kier alpha value is -3.27. The van der Waals surface area contributed by atoms with Crippen molar-refractivity contribution in [1.82, 2.24) is 0 Å². The van der Waals surface area contributed by atoms with Crippen LogP contribution in [0.4, 0.5) is 0 Å². The maximum atomic E-state index is 12.8.